The summed E-state index contributed by atoms with van der Waals surface area (Å²) in [4.78, 5) is 2.29. The minimum Gasteiger partial charge on any atom is -0.306 e. The summed E-state index contributed by atoms with van der Waals surface area (Å²) >= 11 is 0. The summed E-state index contributed by atoms with van der Waals surface area (Å²) in [5.41, 5.74) is 5.61. The van der Waals surface area contributed by atoms with Gasteiger partial charge in [-0.1, -0.05) is 67.6 Å². The average Bonchev–Trinajstić information content (AvgIpc) is 2.56. The molecule has 1 unspecified atom stereocenters. The van der Waals surface area contributed by atoms with Crippen LogP contribution in [-0.4, -0.2) is 25.0 Å². The zero-order valence-electron chi connectivity index (χ0n) is 14.2. The highest BCUT2D eigenvalue weighted by molar-refractivity contribution is 5.90. The van der Waals surface area contributed by atoms with Crippen LogP contribution in [0.5, 0.6) is 0 Å². The topological polar surface area (TPSA) is 3.24 Å². The fraction of sp³-hybridized carbons (Fsp3) is 0.333. The fourth-order valence-electron chi connectivity index (χ4n) is 2.76. The number of allylic oxidation sites excluding steroid dienone is 1. The van der Waals surface area contributed by atoms with Crippen molar-refractivity contribution in [3.05, 3.63) is 71.8 Å². The second-order valence-corrected chi connectivity index (χ2v) is 6.06. The SMILES string of the molecule is CC/C(=C(\CC(C)N(C)C)c1ccccc1)c1ccccc1. The van der Waals surface area contributed by atoms with Gasteiger partial charge in [0, 0.05) is 6.04 Å². The van der Waals surface area contributed by atoms with Crippen molar-refractivity contribution in [3.8, 4) is 0 Å². The number of benzene rings is 2. The van der Waals surface area contributed by atoms with Crippen LogP contribution >= 0.6 is 0 Å². The van der Waals surface area contributed by atoms with E-state index in [2.05, 4.69) is 93.5 Å². The van der Waals surface area contributed by atoms with Gasteiger partial charge in [-0.3, -0.25) is 0 Å². The van der Waals surface area contributed by atoms with Gasteiger partial charge >= 0.3 is 0 Å². The van der Waals surface area contributed by atoms with E-state index in [1.165, 1.54) is 22.3 Å². The summed E-state index contributed by atoms with van der Waals surface area (Å²) in [5, 5.41) is 0. The molecule has 0 spiro atoms. The Labute approximate surface area is 135 Å². The first-order valence-corrected chi connectivity index (χ1v) is 8.12. The predicted octanol–water partition coefficient (Wildman–Crippen LogP) is 5.35. The van der Waals surface area contributed by atoms with E-state index in [9.17, 15) is 0 Å². The van der Waals surface area contributed by atoms with Crippen molar-refractivity contribution in [2.24, 2.45) is 0 Å². The number of rotatable bonds is 6. The van der Waals surface area contributed by atoms with Crippen molar-refractivity contribution in [3.63, 3.8) is 0 Å². The number of hydrogen-bond donors (Lipinski definition) is 0. The molecule has 2 aromatic rings. The van der Waals surface area contributed by atoms with Crippen molar-refractivity contribution >= 4 is 11.1 Å². The van der Waals surface area contributed by atoms with Gasteiger partial charge in [0.15, 0.2) is 0 Å². The Morgan fingerprint density at radius 2 is 1.27 bits per heavy atom. The third-order valence-corrected chi connectivity index (χ3v) is 4.34. The molecule has 0 aliphatic carbocycles. The Bertz CT molecular complexity index is 596. The van der Waals surface area contributed by atoms with E-state index in [1.54, 1.807) is 0 Å². The summed E-state index contributed by atoms with van der Waals surface area (Å²) in [6, 6.07) is 22.1. The van der Waals surface area contributed by atoms with E-state index in [1.807, 2.05) is 0 Å². The van der Waals surface area contributed by atoms with Gasteiger partial charge in [-0.15, -0.1) is 0 Å². The van der Waals surface area contributed by atoms with E-state index in [4.69, 9.17) is 0 Å². The standard InChI is InChI=1S/C21H27N/c1-5-20(18-12-8-6-9-13-18)21(16-17(2)22(3)4)19-14-10-7-11-15-19/h6-15,17H,5,16H2,1-4H3/b21-20-. The lowest BCUT2D eigenvalue weighted by Gasteiger charge is -2.24. The van der Waals surface area contributed by atoms with Gasteiger partial charge in [0.2, 0.25) is 0 Å². The van der Waals surface area contributed by atoms with Crippen molar-refractivity contribution in [2.45, 2.75) is 32.7 Å². The van der Waals surface area contributed by atoms with Crippen LogP contribution < -0.4 is 0 Å². The molecule has 2 rings (SSSR count). The number of hydrogen-bond acceptors (Lipinski definition) is 1. The first kappa shape index (κ1) is 16.5. The van der Waals surface area contributed by atoms with Crippen molar-refractivity contribution in [2.75, 3.05) is 14.1 Å². The summed E-state index contributed by atoms with van der Waals surface area (Å²) in [5.74, 6) is 0. The molecule has 0 radical (unpaired) electrons. The molecule has 0 heterocycles. The molecule has 0 amide bonds. The highest BCUT2D eigenvalue weighted by atomic mass is 15.1. The third-order valence-electron chi connectivity index (χ3n) is 4.34. The van der Waals surface area contributed by atoms with E-state index in [0.717, 1.165) is 12.8 Å². The Morgan fingerprint density at radius 1 is 0.818 bits per heavy atom. The molecule has 22 heavy (non-hydrogen) atoms. The normalized spacial score (nSPS) is 13.9. The molecule has 0 aliphatic heterocycles. The number of nitrogens with zero attached hydrogens (tertiary/aromatic N) is 1. The molecule has 0 bridgehead atoms. The van der Waals surface area contributed by atoms with E-state index >= 15 is 0 Å². The maximum Gasteiger partial charge on any atom is 0.0102 e. The van der Waals surface area contributed by atoms with Crippen molar-refractivity contribution in [1.29, 1.82) is 0 Å². The minimum absolute atomic E-state index is 0.514. The van der Waals surface area contributed by atoms with Crippen LogP contribution in [0.15, 0.2) is 60.7 Å². The van der Waals surface area contributed by atoms with Crippen LogP contribution in [0.1, 0.15) is 37.8 Å². The molecule has 0 saturated carbocycles. The first-order valence-electron chi connectivity index (χ1n) is 8.12. The van der Waals surface area contributed by atoms with Crippen LogP contribution in [0.3, 0.4) is 0 Å². The van der Waals surface area contributed by atoms with Crippen LogP contribution in [-0.2, 0) is 0 Å². The van der Waals surface area contributed by atoms with Crippen LogP contribution in [0.2, 0.25) is 0 Å². The molecule has 1 atom stereocenters. The van der Waals surface area contributed by atoms with Crippen molar-refractivity contribution < 1.29 is 0 Å². The predicted molar refractivity (Wildman–Crippen MR) is 97.8 cm³/mol. The van der Waals surface area contributed by atoms with Gasteiger partial charge < -0.3 is 4.90 Å². The van der Waals surface area contributed by atoms with Crippen LogP contribution in [0.25, 0.3) is 11.1 Å². The minimum atomic E-state index is 0.514. The fourth-order valence-corrected chi connectivity index (χ4v) is 2.76. The van der Waals surface area contributed by atoms with Gasteiger partial charge in [0.05, 0.1) is 0 Å². The van der Waals surface area contributed by atoms with Gasteiger partial charge in [-0.05, 0) is 56.1 Å². The van der Waals surface area contributed by atoms with Crippen LogP contribution in [0.4, 0.5) is 0 Å². The smallest absolute Gasteiger partial charge is 0.0102 e. The Morgan fingerprint density at radius 3 is 1.68 bits per heavy atom. The Balaban J connectivity index is 2.52. The lowest BCUT2D eigenvalue weighted by atomic mass is 9.89. The molecule has 0 aromatic heterocycles. The second-order valence-electron chi connectivity index (χ2n) is 6.06. The molecule has 0 fully saturated rings. The molecule has 1 nitrogen and oxygen atoms in total. The van der Waals surface area contributed by atoms with Crippen molar-refractivity contribution in [1.82, 2.24) is 4.90 Å². The molecule has 0 saturated heterocycles. The quantitative estimate of drug-likeness (QED) is 0.649. The van der Waals surface area contributed by atoms with E-state index < -0.39 is 0 Å². The molecular weight excluding hydrogens is 266 g/mol. The Kier molecular flexibility index (Phi) is 5.97. The molecule has 116 valence electrons. The molecule has 0 N–H and O–H groups in total. The first-order chi connectivity index (χ1) is 10.6. The van der Waals surface area contributed by atoms with Gasteiger partial charge in [-0.25, -0.2) is 0 Å². The average molecular weight is 293 g/mol. The maximum absolute atomic E-state index is 2.29. The zero-order chi connectivity index (χ0) is 15.9. The Hall–Kier alpha value is -1.86. The molecule has 1 heteroatoms. The van der Waals surface area contributed by atoms with Gasteiger partial charge in [0.25, 0.3) is 0 Å². The van der Waals surface area contributed by atoms with Gasteiger partial charge in [-0.2, -0.15) is 0 Å². The monoisotopic (exact) mass is 293 g/mol. The zero-order valence-corrected chi connectivity index (χ0v) is 14.2. The highest BCUT2D eigenvalue weighted by Gasteiger charge is 2.14. The molecule has 2 aromatic carbocycles. The lowest BCUT2D eigenvalue weighted by Crippen LogP contribution is -2.25. The highest BCUT2D eigenvalue weighted by Crippen LogP contribution is 2.32. The summed E-state index contributed by atoms with van der Waals surface area (Å²) in [6.45, 7) is 4.55. The van der Waals surface area contributed by atoms with E-state index in [-0.39, 0.29) is 0 Å². The van der Waals surface area contributed by atoms with Crippen LogP contribution in [0, 0.1) is 0 Å². The summed E-state index contributed by atoms with van der Waals surface area (Å²) < 4.78 is 0. The lowest BCUT2D eigenvalue weighted by molar-refractivity contribution is 0.319. The third kappa shape index (κ3) is 4.08. The maximum atomic E-state index is 2.29. The summed E-state index contributed by atoms with van der Waals surface area (Å²) in [7, 11) is 4.31. The van der Waals surface area contributed by atoms with Gasteiger partial charge in [0.1, 0.15) is 0 Å². The largest absolute Gasteiger partial charge is 0.306 e. The second kappa shape index (κ2) is 7.95. The molecule has 0 aliphatic rings. The van der Waals surface area contributed by atoms with E-state index in [0.29, 0.717) is 6.04 Å². The summed E-state index contributed by atoms with van der Waals surface area (Å²) in [6.07, 6.45) is 2.11. The molecular formula is C21H27N.